The van der Waals surface area contributed by atoms with Crippen molar-refractivity contribution >= 4 is 33.1 Å². The molecule has 3 aromatic rings. The van der Waals surface area contributed by atoms with Crippen molar-refractivity contribution in [1.82, 2.24) is 9.97 Å². The quantitative estimate of drug-likeness (QED) is 0.619. The van der Waals surface area contributed by atoms with Crippen LogP contribution in [0.3, 0.4) is 0 Å². The molecule has 30 heavy (non-hydrogen) atoms. The smallest absolute Gasteiger partial charge is 0.259 e. The Morgan fingerprint density at radius 2 is 2.13 bits per heavy atom. The van der Waals surface area contributed by atoms with E-state index in [0.717, 1.165) is 40.7 Å². The van der Waals surface area contributed by atoms with E-state index in [1.165, 1.54) is 10.4 Å². The average molecular weight is 424 g/mol. The second-order valence-corrected chi connectivity index (χ2v) is 10.5. The standard InChI is InChI=1S/C24H29N3O2S/c1-14-6-5-7-16(12-14)25-20(28)11-10-19-26-22(29)21-17-9-8-15(24(2,3)4)13-18(17)30-23(21)27-19/h5-7,12,15H,8-11,13H2,1-4H3,(H,25,28)(H,26,27,29)/t15-/m1/s1. The fourth-order valence-corrected chi connectivity index (χ4v) is 5.58. The Labute approximate surface area is 180 Å². The van der Waals surface area contributed by atoms with Crippen LogP contribution < -0.4 is 10.9 Å². The number of carbonyl (C=O) groups excluding carboxylic acids is 1. The number of hydrogen-bond donors (Lipinski definition) is 2. The maximum absolute atomic E-state index is 12.8. The highest BCUT2D eigenvalue weighted by Gasteiger charge is 2.31. The Bertz CT molecular complexity index is 1150. The van der Waals surface area contributed by atoms with Gasteiger partial charge in [0.15, 0.2) is 0 Å². The molecule has 1 atom stereocenters. The highest BCUT2D eigenvalue weighted by atomic mass is 32.1. The van der Waals surface area contributed by atoms with Crippen LogP contribution >= 0.6 is 11.3 Å². The monoisotopic (exact) mass is 423 g/mol. The number of nitrogens with zero attached hydrogens (tertiary/aromatic N) is 1. The molecule has 0 unspecified atom stereocenters. The number of aryl methyl sites for hydroxylation is 3. The summed E-state index contributed by atoms with van der Waals surface area (Å²) in [4.78, 5) is 34.8. The number of rotatable bonds is 4. The summed E-state index contributed by atoms with van der Waals surface area (Å²) < 4.78 is 0. The van der Waals surface area contributed by atoms with E-state index >= 15 is 0 Å². The van der Waals surface area contributed by atoms with E-state index < -0.39 is 0 Å². The van der Waals surface area contributed by atoms with Crippen LogP contribution in [0.2, 0.25) is 0 Å². The maximum Gasteiger partial charge on any atom is 0.259 e. The maximum atomic E-state index is 12.8. The summed E-state index contributed by atoms with van der Waals surface area (Å²) in [5.74, 6) is 1.13. The average Bonchev–Trinajstić information content (AvgIpc) is 3.03. The first kappa shape index (κ1) is 20.8. The van der Waals surface area contributed by atoms with E-state index in [9.17, 15) is 9.59 Å². The van der Waals surface area contributed by atoms with Crippen molar-refractivity contribution in [2.24, 2.45) is 11.3 Å². The molecular weight excluding hydrogens is 394 g/mol. The van der Waals surface area contributed by atoms with Gasteiger partial charge >= 0.3 is 0 Å². The fourth-order valence-electron chi connectivity index (χ4n) is 4.26. The summed E-state index contributed by atoms with van der Waals surface area (Å²) in [6.07, 6.45) is 3.77. The zero-order chi connectivity index (χ0) is 21.5. The lowest BCUT2D eigenvalue weighted by atomic mass is 9.72. The first-order valence-corrected chi connectivity index (χ1v) is 11.4. The first-order valence-electron chi connectivity index (χ1n) is 10.6. The van der Waals surface area contributed by atoms with Crippen molar-refractivity contribution in [1.29, 1.82) is 0 Å². The zero-order valence-corrected chi connectivity index (χ0v) is 18.9. The molecule has 0 bridgehead atoms. The number of aromatic nitrogens is 2. The summed E-state index contributed by atoms with van der Waals surface area (Å²) >= 11 is 1.65. The Hall–Kier alpha value is -2.47. The molecule has 4 rings (SSSR count). The van der Waals surface area contributed by atoms with Crippen molar-refractivity contribution in [3.63, 3.8) is 0 Å². The van der Waals surface area contributed by atoms with E-state index in [2.05, 4.69) is 31.1 Å². The number of hydrogen-bond acceptors (Lipinski definition) is 4. The van der Waals surface area contributed by atoms with Crippen LogP contribution in [0.15, 0.2) is 29.1 Å². The van der Waals surface area contributed by atoms with Crippen LogP contribution in [0.4, 0.5) is 5.69 Å². The number of benzene rings is 1. The molecule has 158 valence electrons. The van der Waals surface area contributed by atoms with Crippen molar-refractivity contribution in [3.8, 4) is 0 Å². The second-order valence-electron chi connectivity index (χ2n) is 9.42. The normalized spacial score (nSPS) is 16.5. The Kier molecular flexibility index (Phi) is 5.53. The van der Waals surface area contributed by atoms with Crippen LogP contribution in [0.5, 0.6) is 0 Å². The van der Waals surface area contributed by atoms with Crippen LogP contribution in [0.1, 0.15) is 55.4 Å². The van der Waals surface area contributed by atoms with Gasteiger partial charge in [-0.2, -0.15) is 0 Å². The third-order valence-electron chi connectivity index (χ3n) is 6.08. The molecule has 0 aliphatic heterocycles. The van der Waals surface area contributed by atoms with Gasteiger partial charge in [-0.05, 0) is 60.8 Å². The highest BCUT2D eigenvalue weighted by molar-refractivity contribution is 7.18. The number of thiophene rings is 1. The summed E-state index contributed by atoms with van der Waals surface area (Å²) in [6, 6.07) is 7.72. The molecule has 2 N–H and O–H groups in total. The topological polar surface area (TPSA) is 74.8 Å². The van der Waals surface area contributed by atoms with Gasteiger partial charge in [0.1, 0.15) is 10.7 Å². The lowest BCUT2D eigenvalue weighted by molar-refractivity contribution is -0.116. The predicted molar refractivity (Wildman–Crippen MR) is 123 cm³/mol. The van der Waals surface area contributed by atoms with E-state index in [1.807, 2.05) is 31.2 Å². The van der Waals surface area contributed by atoms with E-state index in [4.69, 9.17) is 4.98 Å². The molecule has 1 aliphatic carbocycles. The molecule has 1 aliphatic rings. The minimum atomic E-state index is -0.0816. The molecule has 0 radical (unpaired) electrons. The fraction of sp³-hybridized carbons (Fsp3) is 0.458. The van der Waals surface area contributed by atoms with Crippen molar-refractivity contribution in [2.75, 3.05) is 5.32 Å². The third kappa shape index (κ3) is 4.33. The van der Waals surface area contributed by atoms with Gasteiger partial charge in [0.05, 0.1) is 5.39 Å². The van der Waals surface area contributed by atoms with Gasteiger partial charge in [0, 0.05) is 23.4 Å². The van der Waals surface area contributed by atoms with Crippen LogP contribution in [0.25, 0.3) is 10.2 Å². The van der Waals surface area contributed by atoms with E-state index in [-0.39, 0.29) is 23.3 Å². The molecule has 2 heterocycles. The minimum absolute atomic E-state index is 0.0687. The molecule has 0 saturated carbocycles. The zero-order valence-electron chi connectivity index (χ0n) is 18.1. The molecule has 2 aromatic heterocycles. The third-order valence-corrected chi connectivity index (χ3v) is 7.23. The number of carbonyl (C=O) groups is 1. The lowest BCUT2D eigenvalue weighted by Crippen LogP contribution is -2.26. The molecule has 6 heteroatoms. The Morgan fingerprint density at radius 3 is 2.87 bits per heavy atom. The largest absolute Gasteiger partial charge is 0.326 e. The van der Waals surface area contributed by atoms with E-state index in [1.54, 1.807) is 11.3 Å². The second kappa shape index (κ2) is 7.99. The molecule has 1 amide bonds. The van der Waals surface area contributed by atoms with Gasteiger partial charge in [0.2, 0.25) is 5.91 Å². The van der Waals surface area contributed by atoms with Crippen molar-refractivity contribution in [2.45, 2.75) is 59.8 Å². The molecule has 0 saturated heterocycles. The van der Waals surface area contributed by atoms with Gasteiger partial charge in [-0.1, -0.05) is 32.9 Å². The molecule has 1 aromatic carbocycles. The molecule has 0 fully saturated rings. The molecular formula is C24H29N3O2S. The SMILES string of the molecule is Cc1cccc(NC(=O)CCc2nc3sc4c(c3c(=O)[nH]2)CC[C@@H](C(C)(C)C)C4)c1. The van der Waals surface area contributed by atoms with Gasteiger partial charge in [-0.25, -0.2) is 4.98 Å². The number of fused-ring (bicyclic) bond motifs is 3. The van der Waals surface area contributed by atoms with Gasteiger partial charge < -0.3 is 10.3 Å². The number of nitrogens with one attached hydrogen (secondary N) is 2. The highest BCUT2D eigenvalue weighted by Crippen LogP contribution is 2.41. The first-order chi connectivity index (χ1) is 14.2. The Balaban J connectivity index is 1.50. The molecule has 0 spiro atoms. The van der Waals surface area contributed by atoms with Gasteiger partial charge in [-0.15, -0.1) is 11.3 Å². The van der Waals surface area contributed by atoms with Crippen LogP contribution in [-0.2, 0) is 24.1 Å². The number of aromatic amines is 1. The van der Waals surface area contributed by atoms with Gasteiger partial charge in [0.25, 0.3) is 5.56 Å². The lowest BCUT2D eigenvalue weighted by Gasteiger charge is -2.33. The summed E-state index contributed by atoms with van der Waals surface area (Å²) in [6.45, 7) is 8.87. The number of anilines is 1. The number of H-pyrrole nitrogens is 1. The van der Waals surface area contributed by atoms with Gasteiger partial charge in [-0.3, -0.25) is 9.59 Å². The number of amides is 1. The summed E-state index contributed by atoms with van der Waals surface area (Å²) in [7, 11) is 0. The van der Waals surface area contributed by atoms with E-state index in [0.29, 0.717) is 18.2 Å². The molecule has 5 nitrogen and oxygen atoms in total. The van der Waals surface area contributed by atoms with Crippen molar-refractivity contribution in [3.05, 3.63) is 56.4 Å². The van der Waals surface area contributed by atoms with Crippen LogP contribution in [0, 0.1) is 18.3 Å². The summed E-state index contributed by atoms with van der Waals surface area (Å²) in [5.41, 5.74) is 3.27. The Morgan fingerprint density at radius 1 is 1.33 bits per heavy atom. The summed E-state index contributed by atoms with van der Waals surface area (Å²) in [5, 5.41) is 3.67. The van der Waals surface area contributed by atoms with Crippen LogP contribution in [-0.4, -0.2) is 15.9 Å². The predicted octanol–water partition coefficient (Wildman–Crippen LogP) is 5.02. The minimum Gasteiger partial charge on any atom is -0.326 e. The van der Waals surface area contributed by atoms with Crippen molar-refractivity contribution < 1.29 is 4.79 Å².